The fraction of sp³-hybridized carbons (Fsp3) is 0.160. The summed E-state index contributed by atoms with van der Waals surface area (Å²) in [5.74, 6) is 3.63. The predicted octanol–water partition coefficient (Wildman–Crippen LogP) is 14.3. The normalized spacial score (nSPS) is 10.9. The van der Waals surface area contributed by atoms with Crippen LogP contribution in [-0.4, -0.2) is 10.2 Å². The molecule has 0 aliphatic heterocycles. The number of hydrogen-bond donors (Lipinski definition) is 2. The number of aryl methyl sites for hydroxylation is 8. The molecule has 0 fully saturated rings. The zero-order valence-electron chi connectivity index (χ0n) is 33.9. The molecule has 294 valence electrons. The largest absolute Gasteiger partial charge is 0.508 e. The zero-order valence-corrected chi connectivity index (χ0v) is 33.9. The molecule has 7 aromatic rings. The molecule has 7 aromatic carbocycles. The number of phenolic OH excluding ortho intramolecular Hbond substituents is 2. The summed E-state index contributed by atoms with van der Waals surface area (Å²) in [6.45, 7) is 16.0. The topological polar surface area (TPSA) is 95.8 Å². The van der Waals surface area contributed by atoms with Gasteiger partial charge in [0.2, 0.25) is 34.5 Å². The molecule has 7 rings (SSSR count). The van der Waals surface area contributed by atoms with Crippen LogP contribution in [0.2, 0.25) is 0 Å². The average Bonchev–Trinajstić information content (AvgIpc) is 3.12. The molecule has 0 saturated carbocycles. The van der Waals surface area contributed by atoms with Gasteiger partial charge < -0.3 is 38.6 Å². The van der Waals surface area contributed by atoms with Crippen LogP contribution in [0.5, 0.6) is 80.5 Å². The van der Waals surface area contributed by atoms with E-state index in [2.05, 4.69) is 24.3 Å². The summed E-state index contributed by atoms with van der Waals surface area (Å²) in [6.07, 6.45) is 0. The predicted molar refractivity (Wildman–Crippen MR) is 227 cm³/mol. The lowest BCUT2D eigenvalue weighted by molar-refractivity contribution is 0.326. The van der Waals surface area contributed by atoms with Gasteiger partial charge in [-0.3, -0.25) is 0 Å². The molecule has 58 heavy (non-hydrogen) atoms. The highest BCUT2D eigenvalue weighted by Gasteiger charge is 2.35. The second kappa shape index (κ2) is 16.6. The maximum absolute atomic E-state index is 10.2. The summed E-state index contributed by atoms with van der Waals surface area (Å²) in [5.41, 5.74) is 7.85. The number of benzene rings is 7. The van der Waals surface area contributed by atoms with E-state index in [0.717, 1.165) is 44.5 Å². The van der Waals surface area contributed by atoms with Crippen LogP contribution in [0.4, 0.5) is 0 Å². The van der Waals surface area contributed by atoms with Crippen LogP contribution in [-0.2, 0) is 0 Å². The Kier molecular flexibility index (Phi) is 11.2. The number of ether oxygens (including phenoxy) is 6. The first-order valence-electron chi connectivity index (χ1n) is 19.0. The SMILES string of the molecule is Cc1cc(C)cc(Oc2c(Oc3ccc(O)cc3)c(Oc3cc(C)cc(C)c3)c(Oc3cc(C)cc(C)c3)c(Oc3ccc(O)cc3)c2Oc2cc(C)cc(C)c2)c1. The first kappa shape index (κ1) is 39.2. The second-order valence-corrected chi connectivity index (χ2v) is 14.9. The molecule has 2 N–H and O–H groups in total. The van der Waals surface area contributed by atoms with Crippen molar-refractivity contribution in [3.05, 3.63) is 166 Å². The van der Waals surface area contributed by atoms with Crippen LogP contribution in [0.15, 0.2) is 121 Å². The number of rotatable bonds is 12. The van der Waals surface area contributed by atoms with E-state index < -0.39 is 0 Å². The lowest BCUT2D eigenvalue weighted by atomic mass is 10.1. The summed E-state index contributed by atoms with van der Waals surface area (Å²) < 4.78 is 41.4. The summed E-state index contributed by atoms with van der Waals surface area (Å²) >= 11 is 0. The van der Waals surface area contributed by atoms with Gasteiger partial charge in [0, 0.05) is 0 Å². The van der Waals surface area contributed by atoms with Crippen LogP contribution in [0.3, 0.4) is 0 Å². The molecule has 0 heterocycles. The summed E-state index contributed by atoms with van der Waals surface area (Å²) in [5, 5.41) is 20.5. The van der Waals surface area contributed by atoms with Crippen molar-refractivity contribution >= 4 is 0 Å². The van der Waals surface area contributed by atoms with Crippen molar-refractivity contribution in [3.8, 4) is 80.5 Å². The number of phenols is 2. The third kappa shape index (κ3) is 9.48. The zero-order chi connectivity index (χ0) is 41.1. The van der Waals surface area contributed by atoms with Gasteiger partial charge in [-0.25, -0.2) is 0 Å². The van der Waals surface area contributed by atoms with Crippen LogP contribution < -0.4 is 28.4 Å². The monoisotopic (exact) mass is 774 g/mol. The third-order valence-corrected chi connectivity index (χ3v) is 9.01. The average molecular weight is 775 g/mol. The Labute approximate surface area is 339 Å². The maximum Gasteiger partial charge on any atom is 0.220 e. The lowest BCUT2D eigenvalue weighted by Gasteiger charge is -2.26. The molecule has 0 radical (unpaired) electrons. The van der Waals surface area contributed by atoms with Crippen molar-refractivity contribution in [1.29, 1.82) is 0 Å². The summed E-state index contributed by atoms with van der Waals surface area (Å²) in [6, 6.07) is 36.3. The van der Waals surface area contributed by atoms with E-state index in [1.165, 1.54) is 24.3 Å². The molecule has 0 bridgehead atoms. The van der Waals surface area contributed by atoms with Gasteiger partial charge in [0.15, 0.2) is 0 Å². The highest BCUT2D eigenvalue weighted by atomic mass is 16.6. The van der Waals surface area contributed by atoms with Crippen molar-refractivity contribution in [1.82, 2.24) is 0 Å². The van der Waals surface area contributed by atoms with E-state index in [4.69, 9.17) is 28.4 Å². The highest BCUT2D eigenvalue weighted by molar-refractivity contribution is 5.77. The molecule has 0 amide bonds. The number of hydrogen-bond acceptors (Lipinski definition) is 8. The van der Waals surface area contributed by atoms with Crippen molar-refractivity contribution in [2.75, 3.05) is 0 Å². The standard InChI is InChI=1S/C50H46O8/c1-29-17-30(2)22-41(21-29)55-47-45(53-39-13-9-37(51)10-14-39)49(57-43-25-33(5)19-34(6)26-43)50(58-44-27-35(7)20-36(8)28-44)46(54-40-15-11-38(52)12-16-40)48(47)56-42-23-31(3)18-32(4)24-42/h9-28,51-52H,1-8H3. The maximum atomic E-state index is 10.2. The minimum Gasteiger partial charge on any atom is -0.508 e. The van der Waals surface area contributed by atoms with Crippen LogP contribution in [0.1, 0.15) is 44.5 Å². The summed E-state index contributed by atoms with van der Waals surface area (Å²) in [7, 11) is 0. The Balaban J connectivity index is 1.63. The molecule has 0 aliphatic carbocycles. The van der Waals surface area contributed by atoms with Crippen molar-refractivity contribution in [2.24, 2.45) is 0 Å². The van der Waals surface area contributed by atoms with E-state index in [1.54, 1.807) is 24.3 Å². The van der Waals surface area contributed by atoms with E-state index in [0.29, 0.717) is 34.5 Å². The van der Waals surface area contributed by atoms with Crippen molar-refractivity contribution in [3.63, 3.8) is 0 Å². The van der Waals surface area contributed by atoms with E-state index in [-0.39, 0.29) is 46.0 Å². The molecule has 0 unspecified atom stereocenters. The Hall–Kier alpha value is -7.06. The first-order valence-corrected chi connectivity index (χ1v) is 19.0. The molecular weight excluding hydrogens is 729 g/mol. The molecule has 8 heteroatoms. The molecule has 8 nitrogen and oxygen atoms in total. The van der Waals surface area contributed by atoms with Gasteiger partial charge in [0.05, 0.1) is 0 Å². The molecule has 0 aliphatic rings. The van der Waals surface area contributed by atoms with Crippen molar-refractivity contribution < 1.29 is 38.6 Å². The van der Waals surface area contributed by atoms with E-state index >= 15 is 0 Å². The first-order chi connectivity index (χ1) is 27.7. The van der Waals surface area contributed by atoms with Crippen LogP contribution >= 0.6 is 0 Å². The minimum atomic E-state index is 0.0705. The van der Waals surface area contributed by atoms with Gasteiger partial charge in [-0.2, -0.15) is 0 Å². The smallest absolute Gasteiger partial charge is 0.220 e. The van der Waals surface area contributed by atoms with E-state index in [1.807, 2.05) is 104 Å². The molecule has 0 aromatic heterocycles. The van der Waals surface area contributed by atoms with Crippen LogP contribution in [0.25, 0.3) is 0 Å². The van der Waals surface area contributed by atoms with Gasteiger partial charge in [0.1, 0.15) is 46.0 Å². The van der Waals surface area contributed by atoms with Gasteiger partial charge >= 0.3 is 0 Å². The quantitative estimate of drug-likeness (QED) is 0.127. The Morgan fingerprint density at radius 1 is 0.241 bits per heavy atom. The Morgan fingerprint density at radius 2 is 0.414 bits per heavy atom. The third-order valence-electron chi connectivity index (χ3n) is 9.01. The Bertz CT molecular complexity index is 2210. The van der Waals surface area contributed by atoms with Crippen molar-refractivity contribution in [2.45, 2.75) is 55.4 Å². The highest BCUT2D eigenvalue weighted by Crippen LogP contribution is 2.63. The van der Waals surface area contributed by atoms with Gasteiger partial charge in [-0.15, -0.1) is 0 Å². The molecular formula is C50H46O8. The Morgan fingerprint density at radius 3 is 0.603 bits per heavy atom. The van der Waals surface area contributed by atoms with Crippen LogP contribution in [0, 0.1) is 55.4 Å². The molecule has 0 atom stereocenters. The fourth-order valence-corrected chi connectivity index (χ4v) is 6.88. The second-order valence-electron chi connectivity index (χ2n) is 14.9. The number of aromatic hydroxyl groups is 2. The summed E-state index contributed by atoms with van der Waals surface area (Å²) in [4.78, 5) is 0. The van der Waals surface area contributed by atoms with Gasteiger partial charge in [-0.1, -0.05) is 24.3 Å². The van der Waals surface area contributed by atoms with E-state index in [9.17, 15) is 10.2 Å². The minimum absolute atomic E-state index is 0.0705. The molecule has 0 saturated heterocycles. The molecule has 0 spiro atoms. The lowest BCUT2D eigenvalue weighted by Crippen LogP contribution is -2.04. The fourth-order valence-electron chi connectivity index (χ4n) is 6.88. The van der Waals surface area contributed by atoms with Gasteiger partial charge in [0.25, 0.3) is 0 Å². The van der Waals surface area contributed by atoms with Gasteiger partial charge in [-0.05, 0) is 197 Å².